The first kappa shape index (κ1) is 20.2. The molecular formula is C21H33BN2O4. The van der Waals surface area contributed by atoms with Crippen molar-refractivity contribution < 1.29 is 18.8 Å². The number of hydrogen-bond donors (Lipinski definition) is 0. The Kier molecular flexibility index (Phi) is 5.48. The summed E-state index contributed by atoms with van der Waals surface area (Å²) >= 11 is 0. The van der Waals surface area contributed by atoms with Crippen LogP contribution in [0.25, 0.3) is 0 Å². The van der Waals surface area contributed by atoms with E-state index in [0.717, 1.165) is 51.4 Å². The lowest BCUT2D eigenvalue weighted by atomic mass is 9.78. The van der Waals surface area contributed by atoms with E-state index in [0.29, 0.717) is 6.10 Å². The zero-order chi connectivity index (χ0) is 19.9. The molecule has 3 aliphatic rings. The predicted octanol–water partition coefficient (Wildman–Crippen LogP) is 1.65. The minimum Gasteiger partial charge on any atom is -0.399 e. The maximum Gasteiger partial charge on any atom is 0.494 e. The monoisotopic (exact) mass is 388 g/mol. The van der Waals surface area contributed by atoms with E-state index in [4.69, 9.17) is 18.8 Å². The summed E-state index contributed by atoms with van der Waals surface area (Å²) in [7, 11) is 1.46. The van der Waals surface area contributed by atoms with Crippen LogP contribution in [0.2, 0.25) is 0 Å². The summed E-state index contributed by atoms with van der Waals surface area (Å²) < 4.78 is 23.5. The van der Waals surface area contributed by atoms with Crippen molar-refractivity contribution in [1.29, 1.82) is 0 Å². The van der Waals surface area contributed by atoms with Crippen LogP contribution in [0.1, 0.15) is 33.3 Å². The molecule has 3 fully saturated rings. The molecule has 1 aromatic carbocycles. The first-order valence-electron chi connectivity index (χ1n) is 10.4. The summed E-state index contributed by atoms with van der Waals surface area (Å²) in [5.74, 6) is 0. The average molecular weight is 388 g/mol. The molecule has 0 unspecified atom stereocenters. The lowest BCUT2D eigenvalue weighted by Crippen LogP contribution is -2.51. The van der Waals surface area contributed by atoms with Crippen LogP contribution >= 0.6 is 0 Å². The fourth-order valence-corrected chi connectivity index (χ4v) is 4.01. The first-order valence-corrected chi connectivity index (χ1v) is 10.4. The number of nitrogens with zero attached hydrogens (tertiary/aromatic N) is 2. The number of anilines is 1. The van der Waals surface area contributed by atoms with Gasteiger partial charge in [0, 0.05) is 45.5 Å². The molecule has 0 radical (unpaired) electrons. The van der Waals surface area contributed by atoms with Crippen molar-refractivity contribution in [2.45, 2.75) is 51.5 Å². The Morgan fingerprint density at radius 3 is 2.32 bits per heavy atom. The SMILES string of the molecule is COC1CN(Cc2cc(B3OC(C)(C)C(C)(C)O3)ccc2N2CCOCC2)C1. The molecule has 0 saturated carbocycles. The Labute approximate surface area is 169 Å². The molecule has 0 spiro atoms. The van der Waals surface area contributed by atoms with Gasteiger partial charge in [0.05, 0.1) is 30.5 Å². The van der Waals surface area contributed by atoms with Crippen LogP contribution in [-0.2, 0) is 25.3 Å². The van der Waals surface area contributed by atoms with Crippen LogP contribution in [0.5, 0.6) is 0 Å². The zero-order valence-corrected chi connectivity index (χ0v) is 17.9. The summed E-state index contributed by atoms with van der Waals surface area (Å²) in [6.07, 6.45) is 0.359. The lowest BCUT2D eigenvalue weighted by Gasteiger charge is -2.39. The number of ether oxygens (including phenoxy) is 2. The molecule has 0 atom stereocenters. The highest BCUT2D eigenvalue weighted by Crippen LogP contribution is 2.37. The van der Waals surface area contributed by atoms with Crippen molar-refractivity contribution >= 4 is 18.3 Å². The number of methoxy groups -OCH3 is 1. The van der Waals surface area contributed by atoms with E-state index in [1.807, 2.05) is 0 Å². The lowest BCUT2D eigenvalue weighted by molar-refractivity contribution is -0.0333. The van der Waals surface area contributed by atoms with Crippen molar-refractivity contribution in [1.82, 2.24) is 4.90 Å². The zero-order valence-electron chi connectivity index (χ0n) is 17.9. The van der Waals surface area contributed by atoms with Gasteiger partial charge in [-0.2, -0.15) is 0 Å². The number of hydrogen-bond acceptors (Lipinski definition) is 6. The van der Waals surface area contributed by atoms with Gasteiger partial charge in [0.2, 0.25) is 0 Å². The maximum atomic E-state index is 6.28. The molecule has 3 heterocycles. The summed E-state index contributed by atoms with van der Waals surface area (Å²) in [4.78, 5) is 4.86. The Hall–Kier alpha value is -1.12. The molecule has 0 N–H and O–H groups in total. The second-order valence-corrected chi connectivity index (χ2v) is 9.13. The van der Waals surface area contributed by atoms with E-state index in [-0.39, 0.29) is 18.3 Å². The van der Waals surface area contributed by atoms with E-state index in [1.165, 1.54) is 11.3 Å². The second-order valence-electron chi connectivity index (χ2n) is 9.13. The fraction of sp³-hybridized carbons (Fsp3) is 0.714. The molecule has 3 saturated heterocycles. The molecule has 0 bridgehead atoms. The molecule has 3 aliphatic heterocycles. The van der Waals surface area contributed by atoms with Gasteiger partial charge in [0.15, 0.2) is 0 Å². The summed E-state index contributed by atoms with van der Waals surface area (Å²) in [5.41, 5.74) is 3.05. The van der Waals surface area contributed by atoms with Crippen LogP contribution in [-0.4, -0.2) is 75.8 Å². The number of morpholine rings is 1. The quantitative estimate of drug-likeness (QED) is 0.715. The van der Waals surface area contributed by atoms with E-state index in [9.17, 15) is 0 Å². The van der Waals surface area contributed by atoms with E-state index in [2.05, 4.69) is 55.7 Å². The Bertz CT molecular complexity index is 684. The topological polar surface area (TPSA) is 43.4 Å². The van der Waals surface area contributed by atoms with Gasteiger partial charge < -0.3 is 23.7 Å². The summed E-state index contributed by atoms with van der Waals surface area (Å²) in [6.45, 7) is 14.7. The Morgan fingerprint density at radius 2 is 1.71 bits per heavy atom. The maximum absolute atomic E-state index is 6.28. The molecule has 154 valence electrons. The van der Waals surface area contributed by atoms with Crippen molar-refractivity contribution in [3.63, 3.8) is 0 Å². The number of likely N-dealkylation sites (tertiary alicyclic amines) is 1. The Morgan fingerprint density at radius 1 is 1.07 bits per heavy atom. The van der Waals surface area contributed by atoms with Gasteiger partial charge in [-0.05, 0) is 44.8 Å². The number of rotatable bonds is 5. The van der Waals surface area contributed by atoms with E-state index in [1.54, 1.807) is 7.11 Å². The van der Waals surface area contributed by atoms with Gasteiger partial charge >= 0.3 is 7.12 Å². The highest BCUT2D eigenvalue weighted by Gasteiger charge is 2.51. The van der Waals surface area contributed by atoms with Gasteiger partial charge in [0.25, 0.3) is 0 Å². The van der Waals surface area contributed by atoms with Gasteiger partial charge in [-0.1, -0.05) is 12.1 Å². The normalized spacial score (nSPS) is 25.2. The van der Waals surface area contributed by atoms with Crippen LogP contribution in [0.3, 0.4) is 0 Å². The van der Waals surface area contributed by atoms with E-state index < -0.39 is 0 Å². The van der Waals surface area contributed by atoms with Gasteiger partial charge in [-0.15, -0.1) is 0 Å². The molecule has 7 heteroatoms. The molecule has 1 aromatic rings. The average Bonchev–Trinajstić information content (AvgIpc) is 2.86. The summed E-state index contributed by atoms with van der Waals surface area (Å²) in [6, 6.07) is 6.66. The highest BCUT2D eigenvalue weighted by atomic mass is 16.7. The molecule has 0 amide bonds. The van der Waals surface area contributed by atoms with E-state index >= 15 is 0 Å². The van der Waals surface area contributed by atoms with Crippen LogP contribution in [0, 0.1) is 0 Å². The van der Waals surface area contributed by atoms with Crippen LogP contribution in [0.4, 0.5) is 5.69 Å². The molecule has 0 aliphatic carbocycles. The largest absolute Gasteiger partial charge is 0.494 e. The minimum absolute atomic E-state index is 0.328. The fourth-order valence-electron chi connectivity index (χ4n) is 4.01. The molecule has 4 rings (SSSR count). The molecule has 6 nitrogen and oxygen atoms in total. The third-order valence-electron chi connectivity index (χ3n) is 6.63. The van der Waals surface area contributed by atoms with Crippen molar-refractivity contribution in [2.24, 2.45) is 0 Å². The molecule has 28 heavy (non-hydrogen) atoms. The third kappa shape index (κ3) is 3.83. The number of benzene rings is 1. The third-order valence-corrected chi connectivity index (χ3v) is 6.63. The summed E-state index contributed by atoms with van der Waals surface area (Å²) in [5, 5.41) is 0. The van der Waals surface area contributed by atoms with Gasteiger partial charge in [-0.25, -0.2) is 0 Å². The smallest absolute Gasteiger partial charge is 0.399 e. The minimum atomic E-state index is -0.329. The van der Waals surface area contributed by atoms with Crippen molar-refractivity contribution in [3.05, 3.63) is 23.8 Å². The standard InChI is InChI=1S/C21H33BN2O4/c1-20(2)21(3,4)28-22(27-20)17-6-7-19(24-8-10-26-11-9-24)16(12-17)13-23-14-18(15-23)25-5/h6-7,12,18H,8-11,13-15H2,1-5H3. The Balaban J connectivity index is 1.58. The van der Waals surface area contributed by atoms with Crippen molar-refractivity contribution in [3.8, 4) is 0 Å². The molecule has 0 aromatic heterocycles. The highest BCUT2D eigenvalue weighted by molar-refractivity contribution is 6.62. The second kappa shape index (κ2) is 7.61. The van der Waals surface area contributed by atoms with Gasteiger partial charge in [-0.3, -0.25) is 4.90 Å². The predicted molar refractivity (Wildman–Crippen MR) is 111 cm³/mol. The first-order chi connectivity index (χ1) is 13.3. The van der Waals surface area contributed by atoms with Crippen molar-refractivity contribution in [2.75, 3.05) is 51.4 Å². The molecular weight excluding hydrogens is 355 g/mol. The van der Waals surface area contributed by atoms with Crippen LogP contribution in [0.15, 0.2) is 18.2 Å². The van der Waals surface area contributed by atoms with Gasteiger partial charge in [0.1, 0.15) is 0 Å². The van der Waals surface area contributed by atoms with Crippen LogP contribution < -0.4 is 10.4 Å².